The summed E-state index contributed by atoms with van der Waals surface area (Å²) < 4.78 is 0.505. The number of carbonyl (C=O) groups excluding carboxylic acids is 1. The molecule has 6 heteroatoms. The number of carboxylic acids is 1. The second-order valence-corrected chi connectivity index (χ2v) is 5.00. The third-order valence-electron chi connectivity index (χ3n) is 2.64. The van der Waals surface area contributed by atoms with Gasteiger partial charge in [-0.2, -0.15) is 0 Å². The molecule has 0 fully saturated rings. The molecule has 0 aliphatic heterocycles. The summed E-state index contributed by atoms with van der Waals surface area (Å²) in [5.41, 5.74) is 1.91. The smallest absolute Gasteiger partial charge is 0.335 e. The Morgan fingerprint density at radius 2 is 1.90 bits per heavy atom. The first kappa shape index (κ1) is 14.2. The number of carbonyl (C=O) groups is 2. The van der Waals surface area contributed by atoms with E-state index in [4.69, 9.17) is 5.11 Å². The first-order valence-corrected chi connectivity index (χ1v) is 6.53. The maximum Gasteiger partial charge on any atom is 0.335 e. The van der Waals surface area contributed by atoms with E-state index in [2.05, 4.69) is 26.2 Å². The SMILES string of the molecule is Cc1ccc(C(=O)Nc2ccc(C(=O)O)cc2Br)cn1. The van der Waals surface area contributed by atoms with E-state index in [1.54, 1.807) is 12.1 Å². The highest BCUT2D eigenvalue weighted by Crippen LogP contribution is 2.24. The lowest BCUT2D eigenvalue weighted by Crippen LogP contribution is -2.13. The van der Waals surface area contributed by atoms with Crippen LogP contribution in [0.4, 0.5) is 5.69 Å². The van der Waals surface area contributed by atoms with Crippen LogP contribution in [0.15, 0.2) is 41.0 Å². The van der Waals surface area contributed by atoms with E-state index in [0.717, 1.165) is 5.69 Å². The highest BCUT2D eigenvalue weighted by atomic mass is 79.9. The zero-order chi connectivity index (χ0) is 14.7. The molecule has 0 aliphatic rings. The van der Waals surface area contributed by atoms with Crippen LogP contribution in [0.1, 0.15) is 26.4 Å². The molecule has 2 aromatic rings. The van der Waals surface area contributed by atoms with Crippen LogP contribution in [0.2, 0.25) is 0 Å². The number of hydrogen-bond donors (Lipinski definition) is 2. The highest BCUT2D eigenvalue weighted by molar-refractivity contribution is 9.10. The number of amides is 1. The van der Waals surface area contributed by atoms with Gasteiger partial charge in [-0.1, -0.05) is 0 Å². The number of pyridine rings is 1. The molecule has 20 heavy (non-hydrogen) atoms. The molecule has 0 bridgehead atoms. The lowest BCUT2D eigenvalue weighted by atomic mass is 10.2. The quantitative estimate of drug-likeness (QED) is 0.903. The number of halogens is 1. The average Bonchev–Trinajstić information content (AvgIpc) is 2.41. The van der Waals surface area contributed by atoms with Crippen molar-refractivity contribution in [3.8, 4) is 0 Å². The Balaban J connectivity index is 2.19. The Bertz CT molecular complexity index is 669. The molecular weight excluding hydrogens is 324 g/mol. The van der Waals surface area contributed by atoms with E-state index in [1.165, 1.54) is 24.4 Å². The number of nitrogens with one attached hydrogen (secondary N) is 1. The molecule has 0 aliphatic carbocycles. The summed E-state index contributed by atoms with van der Waals surface area (Å²) in [7, 11) is 0. The predicted molar refractivity (Wildman–Crippen MR) is 78.0 cm³/mol. The summed E-state index contributed by atoms with van der Waals surface area (Å²) in [6.07, 6.45) is 1.49. The summed E-state index contributed by atoms with van der Waals surface area (Å²) in [6.45, 7) is 1.84. The molecule has 0 unspecified atom stereocenters. The van der Waals surface area contributed by atoms with Crippen molar-refractivity contribution < 1.29 is 14.7 Å². The molecule has 5 nitrogen and oxygen atoms in total. The molecule has 1 heterocycles. The van der Waals surface area contributed by atoms with Crippen LogP contribution in [0.3, 0.4) is 0 Å². The molecule has 102 valence electrons. The molecule has 2 N–H and O–H groups in total. The Morgan fingerprint density at radius 1 is 1.20 bits per heavy atom. The van der Waals surface area contributed by atoms with Gasteiger partial charge in [0.05, 0.1) is 16.8 Å². The molecule has 1 aromatic carbocycles. The van der Waals surface area contributed by atoms with E-state index in [-0.39, 0.29) is 11.5 Å². The van der Waals surface area contributed by atoms with Gasteiger partial charge < -0.3 is 10.4 Å². The van der Waals surface area contributed by atoms with Gasteiger partial charge in [0.1, 0.15) is 0 Å². The fraction of sp³-hybridized carbons (Fsp3) is 0.0714. The second-order valence-electron chi connectivity index (χ2n) is 4.14. The number of benzene rings is 1. The zero-order valence-electron chi connectivity index (χ0n) is 10.6. The predicted octanol–water partition coefficient (Wildman–Crippen LogP) is 3.10. The van der Waals surface area contributed by atoms with Crippen LogP contribution in [0, 0.1) is 6.92 Å². The van der Waals surface area contributed by atoms with Gasteiger partial charge in [0.25, 0.3) is 5.91 Å². The normalized spacial score (nSPS) is 10.1. The summed E-state index contributed by atoms with van der Waals surface area (Å²) >= 11 is 3.23. The molecular formula is C14H11BrN2O3. The molecule has 0 atom stereocenters. The number of nitrogens with zero attached hydrogens (tertiary/aromatic N) is 1. The monoisotopic (exact) mass is 334 g/mol. The topological polar surface area (TPSA) is 79.3 Å². The second kappa shape index (κ2) is 5.83. The lowest BCUT2D eigenvalue weighted by Gasteiger charge is -2.08. The average molecular weight is 335 g/mol. The number of aromatic carboxylic acids is 1. The summed E-state index contributed by atoms with van der Waals surface area (Å²) in [5, 5.41) is 11.6. The van der Waals surface area contributed by atoms with Crippen molar-refractivity contribution >= 4 is 33.5 Å². The Labute approximate surface area is 123 Å². The largest absolute Gasteiger partial charge is 0.478 e. The van der Waals surface area contributed by atoms with Crippen molar-refractivity contribution in [2.75, 3.05) is 5.32 Å². The first-order valence-electron chi connectivity index (χ1n) is 5.74. The van der Waals surface area contributed by atoms with Gasteiger partial charge in [0.2, 0.25) is 0 Å². The van der Waals surface area contributed by atoms with E-state index in [1.807, 2.05) is 6.92 Å². The fourth-order valence-corrected chi connectivity index (χ4v) is 2.02. The molecule has 0 saturated carbocycles. The lowest BCUT2D eigenvalue weighted by molar-refractivity contribution is 0.0696. The summed E-state index contributed by atoms with van der Waals surface area (Å²) in [5.74, 6) is -1.33. The molecule has 2 rings (SSSR count). The van der Waals surface area contributed by atoms with Crippen LogP contribution in [0.25, 0.3) is 0 Å². The van der Waals surface area contributed by atoms with Gasteiger partial charge in [-0.3, -0.25) is 9.78 Å². The van der Waals surface area contributed by atoms with Crippen molar-refractivity contribution in [3.05, 3.63) is 57.8 Å². The number of aromatic nitrogens is 1. The van der Waals surface area contributed by atoms with Gasteiger partial charge >= 0.3 is 5.97 Å². The minimum Gasteiger partial charge on any atom is -0.478 e. The van der Waals surface area contributed by atoms with Crippen LogP contribution < -0.4 is 5.32 Å². The fourth-order valence-electron chi connectivity index (χ4n) is 1.55. The molecule has 1 amide bonds. The van der Waals surface area contributed by atoms with Crippen molar-refractivity contribution in [2.45, 2.75) is 6.92 Å². The summed E-state index contributed by atoms with van der Waals surface area (Å²) in [4.78, 5) is 26.9. The number of aryl methyl sites for hydroxylation is 1. The number of rotatable bonds is 3. The molecule has 0 spiro atoms. The van der Waals surface area contributed by atoms with Crippen molar-refractivity contribution in [2.24, 2.45) is 0 Å². The van der Waals surface area contributed by atoms with Crippen molar-refractivity contribution in [1.29, 1.82) is 0 Å². The Kier molecular flexibility index (Phi) is 4.14. The standard InChI is InChI=1S/C14H11BrN2O3/c1-8-2-3-10(7-16-8)13(18)17-12-5-4-9(14(19)20)6-11(12)15/h2-7H,1H3,(H,17,18)(H,19,20). The molecule has 1 aromatic heterocycles. The van der Waals surface area contributed by atoms with Crippen LogP contribution in [-0.2, 0) is 0 Å². The van der Waals surface area contributed by atoms with Crippen LogP contribution >= 0.6 is 15.9 Å². The van der Waals surface area contributed by atoms with Gasteiger partial charge in [-0.05, 0) is 53.2 Å². The van der Waals surface area contributed by atoms with E-state index in [0.29, 0.717) is 15.7 Å². The first-order chi connectivity index (χ1) is 9.47. The summed E-state index contributed by atoms with van der Waals surface area (Å²) in [6, 6.07) is 7.82. The van der Waals surface area contributed by atoms with Gasteiger partial charge in [0.15, 0.2) is 0 Å². The minimum atomic E-state index is -1.02. The maximum atomic E-state index is 12.0. The third-order valence-corrected chi connectivity index (χ3v) is 3.29. The van der Waals surface area contributed by atoms with Gasteiger partial charge in [0, 0.05) is 16.4 Å². The molecule has 0 radical (unpaired) electrons. The van der Waals surface area contributed by atoms with Crippen molar-refractivity contribution in [3.63, 3.8) is 0 Å². The van der Waals surface area contributed by atoms with E-state index >= 15 is 0 Å². The van der Waals surface area contributed by atoms with Crippen LogP contribution in [0.5, 0.6) is 0 Å². The molecule has 0 saturated heterocycles. The number of carboxylic acid groups (broad SMARTS) is 1. The van der Waals surface area contributed by atoms with Gasteiger partial charge in [-0.25, -0.2) is 4.79 Å². The van der Waals surface area contributed by atoms with E-state index < -0.39 is 5.97 Å². The number of anilines is 1. The third kappa shape index (κ3) is 3.21. The Hall–Kier alpha value is -2.21. The van der Waals surface area contributed by atoms with Crippen LogP contribution in [-0.4, -0.2) is 22.0 Å². The zero-order valence-corrected chi connectivity index (χ0v) is 12.1. The Morgan fingerprint density at radius 3 is 2.45 bits per heavy atom. The van der Waals surface area contributed by atoms with Gasteiger partial charge in [-0.15, -0.1) is 0 Å². The highest BCUT2D eigenvalue weighted by Gasteiger charge is 2.11. The minimum absolute atomic E-state index is 0.145. The van der Waals surface area contributed by atoms with E-state index in [9.17, 15) is 9.59 Å². The number of hydrogen-bond acceptors (Lipinski definition) is 3. The maximum absolute atomic E-state index is 12.0. The van der Waals surface area contributed by atoms with Crippen molar-refractivity contribution in [1.82, 2.24) is 4.98 Å².